The molecule has 0 aromatic carbocycles. The predicted molar refractivity (Wildman–Crippen MR) is 42.9 cm³/mol. The van der Waals surface area contributed by atoms with Crippen LogP contribution in [-0.4, -0.2) is 45.9 Å². The molecule has 14 heavy (non-hydrogen) atoms. The minimum absolute atomic E-state index is 0.149. The number of carbonyl (C=O) groups is 2. The summed E-state index contributed by atoms with van der Waals surface area (Å²) in [5, 5.41) is 17.5. The zero-order valence-electron chi connectivity index (χ0n) is 7.21. The van der Waals surface area contributed by atoms with E-state index in [9.17, 15) is 9.59 Å². The number of nitrogens with zero attached hydrogens (tertiary/aromatic N) is 1. The smallest absolute Gasteiger partial charge is 0.334 e. The summed E-state index contributed by atoms with van der Waals surface area (Å²) in [6.07, 6.45) is 1.03. The van der Waals surface area contributed by atoms with E-state index >= 15 is 0 Å². The molecule has 0 saturated carbocycles. The van der Waals surface area contributed by atoms with Gasteiger partial charge in [0.15, 0.2) is 12.3 Å². The van der Waals surface area contributed by atoms with E-state index in [4.69, 9.17) is 14.9 Å². The number of ether oxygens (including phenoxy) is 1. The fraction of sp³-hybridized carbons (Fsp3) is 0.500. The van der Waals surface area contributed by atoms with Gasteiger partial charge in [-0.3, -0.25) is 9.69 Å². The normalized spacial score (nSPS) is 32.5. The number of carboxylic acids is 1. The Bertz CT molecular complexity index is 324. The van der Waals surface area contributed by atoms with E-state index in [0.29, 0.717) is 0 Å². The van der Waals surface area contributed by atoms with Gasteiger partial charge in [0.25, 0.3) is 0 Å². The standard InChI is InChI=1S/C8H9NO5/c10-2-1-4-7(8(12)13)9-5(11)3-6(9)14-4/h1,6-7,10H,2-3H2,(H,12,13)/t6-,7+/m0/s1. The molecule has 0 aromatic heterocycles. The van der Waals surface area contributed by atoms with Crippen molar-refractivity contribution in [3.8, 4) is 0 Å². The lowest BCUT2D eigenvalue weighted by Gasteiger charge is -2.33. The van der Waals surface area contributed by atoms with Crippen LogP contribution in [0.15, 0.2) is 11.8 Å². The van der Waals surface area contributed by atoms with Crippen molar-refractivity contribution in [2.45, 2.75) is 18.7 Å². The molecule has 2 rings (SSSR count). The van der Waals surface area contributed by atoms with E-state index in [1.807, 2.05) is 0 Å². The molecule has 0 spiro atoms. The summed E-state index contributed by atoms with van der Waals surface area (Å²) >= 11 is 0. The highest BCUT2D eigenvalue weighted by Gasteiger charge is 2.53. The quantitative estimate of drug-likeness (QED) is 0.551. The van der Waals surface area contributed by atoms with Crippen LogP contribution in [-0.2, 0) is 14.3 Å². The first-order valence-electron chi connectivity index (χ1n) is 4.16. The van der Waals surface area contributed by atoms with Crippen LogP contribution in [0.1, 0.15) is 6.42 Å². The number of aliphatic hydroxyl groups is 1. The maximum Gasteiger partial charge on any atom is 0.334 e. The second kappa shape index (κ2) is 2.98. The van der Waals surface area contributed by atoms with Gasteiger partial charge >= 0.3 is 5.97 Å². The molecule has 76 valence electrons. The van der Waals surface area contributed by atoms with E-state index in [1.165, 1.54) is 11.0 Å². The van der Waals surface area contributed by atoms with Crippen molar-refractivity contribution >= 4 is 11.9 Å². The van der Waals surface area contributed by atoms with Gasteiger partial charge in [0.05, 0.1) is 13.0 Å². The second-order valence-corrected chi connectivity index (χ2v) is 3.11. The second-order valence-electron chi connectivity index (χ2n) is 3.11. The van der Waals surface area contributed by atoms with E-state index < -0.39 is 18.2 Å². The molecule has 0 aromatic rings. The van der Waals surface area contributed by atoms with E-state index in [1.54, 1.807) is 0 Å². The van der Waals surface area contributed by atoms with Gasteiger partial charge in [-0.25, -0.2) is 4.79 Å². The molecule has 6 heteroatoms. The zero-order valence-corrected chi connectivity index (χ0v) is 7.21. The number of amides is 1. The van der Waals surface area contributed by atoms with Gasteiger partial charge in [-0.1, -0.05) is 0 Å². The summed E-state index contributed by atoms with van der Waals surface area (Å²) in [6.45, 7) is -0.298. The Labute approximate surface area is 79.4 Å². The third kappa shape index (κ3) is 1.07. The number of carboxylic acid groups (broad SMARTS) is 1. The summed E-state index contributed by atoms with van der Waals surface area (Å²) in [5.74, 6) is -1.22. The van der Waals surface area contributed by atoms with Gasteiger partial charge in [0.1, 0.15) is 5.76 Å². The molecule has 0 radical (unpaired) electrons. The minimum Gasteiger partial charge on any atom is -0.479 e. The third-order valence-corrected chi connectivity index (χ3v) is 2.29. The van der Waals surface area contributed by atoms with Gasteiger partial charge in [-0.05, 0) is 6.08 Å². The van der Waals surface area contributed by atoms with Crippen molar-refractivity contribution in [2.24, 2.45) is 0 Å². The Morgan fingerprint density at radius 1 is 1.71 bits per heavy atom. The van der Waals surface area contributed by atoms with Crippen LogP contribution in [0.2, 0.25) is 0 Å². The Hall–Kier alpha value is -1.56. The van der Waals surface area contributed by atoms with Gasteiger partial charge in [0, 0.05) is 0 Å². The molecule has 6 nitrogen and oxygen atoms in total. The number of fused-ring (bicyclic) bond motifs is 1. The Morgan fingerprint density at radius 3 is 2.93 bits per heavy atom. The molecule has 2 aliphatic rings. The van der Waals surface area contributed by atoms with Crippen molar-refractivity contribution in [3.63, 3.8) is 0 Å². The van der Waals surface area contributed by atoms with Crippen molar-refractivity contribution in [1.82, 2.24) is 4.90 Å². The molecular weight excluding hydrogens is 190 g/mol. The molecular formula is C8H9NO5. The lowest BCUT2D eigenvalue weighted by atomic mass is 10.1. The van der Waals surface area contributed by atoms with Crippen molar-refractivity contribution in [3.05, 3.63) is 11.8 Å². The molecule has 0 bridgehead atoms. The van der Waals surface area contributed by atoms with Crippen LogP contribution < -0.4 is 0 Å². The first-order valence-corrected chi connectivity index (χ1v) is 4.16. The first kappa shape index (κ1) is 9.01. The summed E-state index contributed by atoms with van der Waals surface area (Å²) in [4.78, 5) is 23.1. The lowest BCUT2D eigenvalue weighted by molar-refractivity contribution is -0.163. The molecule has 1 amide bonds. The zero-order chi connectivity index (χ0) is 10.3. The van der Waals surface area contributed by atoms with E-state index in [-0.39, 0.29) is 24.7 Å². The number of aliphatic hydroxyl groups excluding tert-OH is 1. The van der Waals surface area contributed by atoms with Crippen molar-refractivity contribution in [1.29, 1.82) is 0 Å². The monoisotopic (exact) mass is 199 g/mol. The average Bonchev–Trinajstić information content (AvgIpc) is 2.39. The van der Waals surface area contributed by atoms with Gasteiger partial charge in [-0.15, -0.1) is 0 Å². The number of aliphatic carboxylic acids is 1. The number of rotatable bonds is 2. The SMILES string of the molecule is O=C(O)[C@H]1C(=CCO)O[C@H]2CC(=O)N12. The highest BCUT2D eigenvalue weighted by Crippen LogP contribution is 2.36. The van der Waals surface area contributed by atoms with Gasteiger partial charge in [0.2, 0.25) is 5.91 Å². The highest BCUT2D eigenvalue weighted by molar-refractivity contribution is 5.91. The van der Waals surface area contributed by atoms with Crippen molar-refractivity contribution in [2.75, 3.05) is 6.61 Å². The van der Waals surface area contributed by atoms with Crippen LogP contribution in [0.3, 0.4) is 0 Å². The maximum atomic E-state index is 11.1. The Balaban J connectivity index is 2.26. The molecule has 2 N–H and O–H groups in total. The molecule has 0 unspecified atom stereocenters. The third-order valence-electron chi connectivity index (χ3n) is 2.29. The Kier molecular flexibility index (Phi) is 1.92. The molecule has 0 aliphatic carbocycles. The van der Waals surface area contributed by atoms with Crippen LogP contribution in [0, 0.1) is 0 Å². The van der Waals surface area contributed by atoms with Crippen LogP contribution in [0.25, 0.3) is 0 Å². The van der Waals surface area contributed by atoms with Crippen molar-refractivity contribution < 1.29 is 24.5 Å². The Morgan fingerprint density at radius 2 is 2.43 bits per heavy atom. The summed E-state index contributed by atoms with van der Waals surface area (Å²) in [7, 11) is 0. The van der Waals surface area contributed by atoms with Crippen LogP contribution in [0.4, 0.5) is 0 Å². The molecule has 2 fully saturated rings. The number of β-lactam (4-membered cyclic amide) rings is 1. The van der Waals surface area contributed by atoms with Crippen LogP contribution >= 0.6 is 0 Å². The summed E-state index contributed by atoms with van der Waals surface area (Å²) in [6, 6.07) is -1.06. The van der Waals surface area contributed by atoms with E-state index in [2.05, 4.69) is 0 Å². The molecule has 2 aliphatic heterocycles. The minimum atomic E-state index is -1.14. The lowest BCUT2D eigenvalue weighted by Crippen LogP contribution is -2.54. The topological polar surface area (TPSA) is 87.1 Å². The summed E-state index contributed by atoms with van der Waals surface area (Å²) in [5.41, 5.74) is 0. The van der Waals surface area contributed by atoms with Gasteiger partial charge in [-0.2, -0.15) is 0 Å². The number of hydrogen-bond acceptors (Lipinski definition) is 4. The molecule has 2 saturated heterocycles. The van der Waals surface area contributed by atoms with E-state index in [0.717, 1.165) is 0 Å². The van der Waals surface area contributed by atoms with Crippen LogP contribution in [0.5, 0.6) is 0 Å². The fourth-order valence-corrected chi connectivity index (χ4v) is 1.66. The molecule has 2 atom stereocenters. The summed E-state index contributed by atoms with van der Waals surface area (Å²) < 4.78 is 5.17. The first-order chi connectivity index (χ1) is 6.65. The highest BCUT2D eigenvalue weighted by atomic mass is 16.5. The fourth-order valence-electron chi connectivity index (χ4n) is 1.66. The maximum absolute atomic E-state index is 11.1. The number of carbonyl (C=O) groups excluding carboxylic acids is 1. The predicted octanol–water partition coefficient (Wildman–Crippen LogP) is -1.10. The molecule has 2 heterocycles. The number of hydrogen-bond donors (Lipinski definition) is 2. The van der Waals surface area contributed by atoms with Gasteiger partial charge < -0.3 is 14.9 Å². The largest absolute Gasteiger partial charge is 0.479 e. The average molecular weight is 199 g/mol.